The van der Waals surface area contributed by atoms with Crippen molar-refractivity contribution in [1.29, 1.82) is 0 Å². The molecule has 0 saturated carbocycles. The van der Waals surface area contributed by atoms with Gasteiger partial charge in [0.2, 0.25) is 11.9 Å². The Morgan fingerprint density at radius 3 is 2.22 bits per heavy atom. The highest BCUT2D eigenvalue weighted by molar-refractivity contribution is 7.92. The second-order valence-corrected chi connectivity index (χ2v) is 9.87. The third kappa shape index (κ3) is 6.87. The number of amides is 1. The second-order valence-electron chi connectivity index (χ2n) is 8.19. The molecule has 1 N–H and O–H groups in total. The van der Waals surface area contributed by atoms with E-state index >= 15 is 0 Å². The first-order chi connectivity index (χ1) is 19.4. The first kappa shape index (κ1) is 29.2. The Hall–Kier alpha value is -4.79. The first-order valence-electron chi connectivity index (χ1n) is 11.7. The Morgan fingerprint density at radius 2 is 1.63 bits per heavy atom. The van der Waals surface area contributed by atoms with Gasteiger partial charge in [-0.1, -0.05) is 19.1 Å². The number of carbonyl (C=O) groups is 1. The monoisotopic (exact) mass is 591 g/mol. The van der Waals surface area contributed by atoms with Crippen LogP contribution in [-0.2, 0) is 14.8 Å². The minimum absolute atomic E-state index is 0.0373. The molecule has 0 atom stereocenters. The van der Waals surface area contributed by atoms with Crippen LogP contribution in [0.2, 0.25) is 0 Å². The number of aromatic nitrogens is 3. The fraction of sp³-hybridized carbons (Fsp3) is 0.154. The van der Waals surface area contributed by atoms with Crippen molar-refractivity contribution in [2.75, 3.05) is 16.7 Å². The standard InChI is InChI=1S/C26H21F4N5O5S/c1-3-24(36)35(23-10-7-18(15-33-23)41(37,38)34-25-31-11-4-12-32-25)20-9-6-17(14-22(20)39-2)16-5-8-19(27)21(13-16)40-26(28,29)30/h4-15H,3H2,1-2H3,(H,31,32,34). The molecule has 2 aromatic heterocycles. The lowest BCUT2D eigenvalue weighted by Crippen LogP contribution is -2.26. The maximum atomic E-state index is 13.9. The zero-order chi connectivity index (χ0) is 29.8. The van der Waals surface area contributed by atoms with Crippen molar-refractivity contribution in [3.63, 3.8) is 0 Å². The van der Waals surface area contributed by atoms with Crippen molar-refractivity contribution in [3.8, 4) is 22.6 Å². The molecule has 10 nitrogen and oxygen atoms in total. The molecule has 0 unspecified atom stereocenters. The lowest BCUT2D eigenvalue weighted by molar-refractivity contribution is -0.275. The summed E-state index contributed by atoms with van der Waals surface area (Å²) in [5.74, 6) is -2.56. The van der Waals surface area contributed by atoms with Crippen molar-refractivity contribution in [3.05, 3.63) is 79.0 Å². The largest absolute Gasteiger partial charge is 0.573 e. The van der Waals surface area contributed by atoms with Crippen LogP contribution in [0.25, 0.3) is 11.1 Å². The number of rotatable bonds is 9. The quantitative estimate of drug-likeness (QED) is 0.255. The summed E-state index contributed by atoms with van der Waals surface area (Å²) in [5.41, 5.74) is 0.743. The van der Waals surface area contributed by atoms with Crippen LogP contribution in [0.5, 0.6) is 11.5 Å². The van der Waals surface area contributed by atoms with E-state index in [1.807, 2.05) is 0 Å². The highest BCUT2D eigenvalue weighted by atomic mass is 32.2. The Morgan fingerprint density at radius 1 is 0.976 bits per heavy atom. The third-order valence-electron chi connectivity index (χ3n) is 5.51. The molecule has 0 radical (unpaired) electrons. The average Bonchev–Trinajstić information content (AvgIpc) is 2.94. The van der Waals surface area contributed by atoms with E-state index in [0.717, 1.165) is 18.3 Å². The Labute approximate surface area is 231 Å². The van der Waals surface area contributed by atoms with Crippen molar-refractivity contribution < 1.29 is 40.2 Å². The third-order valence-corrected chi connectivity index (χ3v) is 6.83. The number of anilines is 3. The number of hydrogen-bond acceptors (Lipinski definition) is 8. The summed E-state index contributed by atoms with van der Waals surface area (Å²) < 4.78 is 88.8. The number of sulfonamides is 1. The topological polar surface area (TPSA) is 124 Å². The SMILES string of the molecule is CCC(=O)N(c1ccc(S(=O)(=O)Nc2ncccn2)cn1)c1ccc(-c2ccc(F)c(OC(F)(F)F)c2)cc1OC. The molecule has 0 aliphatic rings. The van der Waals surface area contributed by atoms with Crippen LogP contribution >= 0.6 is 0 Å². The number of benzene rings is 2. The summed E-state index contributed by atoms with van der Waals surface area (Å²) in [6.07, 6.45) is -1.27. The van der Waals surface area contributed by atoms with Gasteiger partial charge in [0.1, 0.15) is 16.5 Å². The first-order valence-corrected chi connectivity index (χ1v) is 13.2. The molecule has 4 aromatic rings. The Kier molecular flexibility index (Phi) is 8.37. The van der Waals surface area contributed by atoms with E-state index < -0.39 is 33.9 Å². The maximum absolute atomic E-state index is 13.9. The van der Waals surface area contributed by atoms with E-state index in [2.05, 4.69) is 24.4 Å². The fourth-order valence-electron chi connectivity index (χ4n) is 3.67. The van der Waals surface area contributed by atoms with Crippen molar-refractivity contribution in [1.82, 2.24) is 15.0 Å². The van der Waals surface area contributed by atoms with Crippen molar-refractivity contribution >= 4 is 33.4 Å². The minimum atomic E-state index is -5.09. The molecule has 2 aromatic carbocycles. The van der Waals surface area contributed by atoms with E-state index in [4.69, 9.17) is 4.74 Å². The summed E-state index contributed by atoms with van der Waals surface area (Å²) in [5, 5.41) is 0. The number of ether oxygens (including phenoxy) is 2. The molecule has 0 aliphatic carbocycles. The van der Waals surface area contributed by atoms with Gasteiger partial charge in [0.05, 0.1) is 12.8 Å². The fourth-order valence-corrected chi connectivity index (χ4v) is 4.57. The van der Waals surface area contributed by atoms with Gasteiger partial charge in [-0.25, -0.2) is 32.5 Å². The molecule has 0 fully saturated rings. The molecular weight excluding hydrogens is 570 g/mol. The normalized spacial score (nSPS) is 11.6. The summed E-state index contributed by atoms with van der Waals surface area (Å²) in [6, 6.07) is 11.5. The Balaban J connectivity index is 1.68. The van der Waals surface area contributed by atoms with E-state index in [1.54, 1.807) is 6.92 Å². The summed E-state index contributed by atoms with van der Waals surface area (Å²) in [4.78, 5) is 25.8. The lowest BCUT2D eigenvalue weighted by atomic mass is 10.0. The summed E-state index contributed by atoms with van der Waals surface area (Å²) >= 11 is 0. The number of hydrogen-bond donors (Lipinski definition) is 1. The molecule has 0 aliphatic heterocycles. The van der Waals surface area contributed by atoms with Crippen LogP contribution in [0.15, 0.2) is 78.1 Å². The van der Waals surface area contributed by atoms with Gasteiger partial charge in [-0.3, -0.25) is 9.69 Å². The summed E-state index contributed by atoms with van der Waals surface area (Å²) in [7, 11) is -2.77. The highest BCUT2D eigenvalue weighted by Crippen LogP contribution is 2.38. The van der Waals surface area contributed by atoms with Gasteiger partial charge >= 0.3 is 6.36 Å². The number of carbonyl (C=O) groups excluding carboxylic acids is 1. The van der Waals surface area contributed by atoms with Crippen LogP contribution in [0.1, 0.15) is 13.3 Å². The molecule has 41 heavy (non-hydrogen) atoms. The van der Waals surface area contributed by atoms with E-state index in [-0.39, 0.29) is 40.1 Å². The number of methoxy groups -OCH3 is 1. The molecule has 0 spiro atoms. The molecule has 4 rings (SSSR count). The number of nitrogens with zero attached hydrogens (tertiary/aromatic N) is 4. The van der Waals surface area contributed by atoms with Crippen LogP contribution in [0, 0.1) is 5.82 Å². The van der Waals surface area contributed by atoms with E-state index in [1.165, 1.54) is 66.9 Å². The van der Waals surface area contributed by atoms with Crippen LogP contribution < -0.4 is 19.1 Å². The zero-order valence-corrected chi connectivity index (χ0v) is 22.2. The summed E-state index contributed by atoms with van der Waals surface area (Å²) in [6.45, 7) is 1.61. The molecule has 0 saturated heterocycles. The van der Waals surface area contributed by atoms with Gasteiger partial charge in [0, 0.05) is 25.0 Å². The number of nitrogens with one attached hydrogen (secondary N) is 1. The lowest BCUT2D eigenvalue weighted by Gasteiger charge is -2.24. The van der Waals surface area contributed by atoms with Crippen molar-refractivity contribution in [2.45, 2.75) is 24.6 Å². The van der Waals surface area contributed by atoms with E-state index in [9.17, 15) is 30.8 Å². The van der Waals surface area contributed by atoms with Gasteiger partial charge < -0.3 is 9.47 Å². The minimum Gasteiger partial charge on any atom is -0.495 e. The molecule has 15 heteroatoms. The number of alkyl halides is 3. The van der Waals surface area contributed by atoms with Gasteiger partial charge in [-0.05, 0) is 53.6 Å². The average molecular weight is 592 g/mol. The molecule has 1 amide bonds. The van der Waals surface area contributed by atoms with E-state index in [0.29, 0.717) is 5.56 Å². The van der Waals surface area contributed by atoms with Gasteiger partial charge in [0.25, 0.3) is 10.0 Å². The van der Waals surface area contributed by atoms with Gasteiger partial charge in [-0.15, -0.1) is 13.2 Å². The highest BCUT2D eigenvalue weighted by Gasteiger charge is 2.32. The van der Waals surface area contributed by atoms with Gasteiger partial charge in [0.15, 0.2) is 11.6 Å². The predicted molar refractivity (Wildman–Crippen MR) is 140 cm³/mol. The Bertz CT molecular complexity index is 1650. The number of halogens is 4. The maximum Gasteiger partial charge on any atom is 0.573 e. The van der Waals surface area contributed by atoms with Crippen molar-refractivity contribution in [2.24, 2.45) is 0 Å². The molecule has 0 bridgehead atoms. The smallest absolute Gasteiger partial charge is 0.495 e. The van der Waals surface area contributed by atoms with Crippen LogP contribution in [-0.4, -0.2) is 42.7 Å². The predicted octanol–water partition coefficient (Wildman–Crippen LogP) is 5.46. The second kappa shape index (κ2) is 11.8. The van der Waals surface area contributed by atoms with Gasteiger partial charge in [-0.2, -0.15) is 0 Å². The molecule has 214 valence electrons. The van der Waals surface area contributed by atoms with Crippen LogP contribution in [0.3, 0.4) is 0 Å². The zero-order valence-electron chi connectivity index (χ0n) is 21.4. The molecule has 2 heterocycles. The van der Waals surface area contributed by atoms with Crippen LogP contribution in [0.4, 0.5) is 35.0 Å². The number of pyridine rings is 1. The molecular formula is C26H21F4N5O5S.